The summed E-state index contributed by atoms with van der Waals surface area (Å²) in [5.41, 5.74) is 6.90. The predicted molar refractivity (Wildman–Crippen MR) is 86.8 cm³/mol. The lowest BCUT2D eigenvalue weighted by molar-refractivity contribution is 0.415. The van der Waals surface area contributed by atoms with Crippen LogP contribution in [0.25, 0.3) is 0 Å². The van der Waals surface area contributed by atoms with Gasteiger partial charge in [0.15, 0.2) is 0 Å². The second-order valence-corrected chi connectivity index (χ2v) is 4.64. The Balaban J connectivity index is 2.20. The average molecular weight is 312 g/mol. The minimum absolute atomic E-state index is 0.00224. The van der Waals surface area contributed by atoms with Crippen LogP contribution in [0.3, 0.4) is 0 Å². The van der Waals surface area contributed by atoms with E-state index in [0.717, 1.165) is 5.75 Å². The fraction of sp³-hybridized carbons (Fsp3) is 0.200. The number of aliphatic imine (C=N–C) groups is 1. The number of anilines is 1. The molecule has 0 radical (unpaired) electrons. The van der Waals surface area contributed by atoms with Gasteiger partial charge in [0, 0.05) is 5.69 Å². The summed E-state index contributed by atoms with van der Waals surface area (Å²) in [6.07, 6.45) is -0.00224. The highest BCUT2D eigenvalue weighted by molar-refractivity contribution is 5.93. The number of ether oxygens (including phenoxy) is 1. The zero-order valence-corrected chi connectivity index (χ0v) is 12.8. The zero-order chi connectivity index (χ0) is 16.8. The number of nitrogens with one attached hydrogen (secondary N) is 2. The molecule has 118 valence electrons. The molecule has 4 N–H and O–H groups in total. The van der Waals surface area contributed by atoms with E-state index in [1.165, 1.54) is 0 Å². The average Bonchev–Trinajstić information content (AvgIpc) is 2.51. The largest absolute Gasteiger partial charge is 0.497 e. The van der Waals surface area contributed by atoms with Crippen LogP contribution < -0.4 is 21.3 Å². The standard InChI is InChI=1S/C15H16N6O2/c1-9-12(7-8-16)13(22)20-15(18-9)21-14(17)19-10-3-5-11(23-2)6-4-10/h3-6H,7H2,1-2H3,(H4,17,18,19,20,21,22). The lowest BCUT2D eigenvalue weighted by Gasteiger charge is -2.07. The second-order valence-electron chi connectivity index (χ2n) is 4.64. The number of nitrogens with zero attached hydrogens (tertiary/aromatic N) is 3. The number of guanidine groups is 1. The van der Waals surface area contributed by atoms with Crippen molar-refractivity contribution in [3.63, 3.8) is 0 Å². The molecule has 0 amide bonds. The van der Waals surface area contributed by atoms with Gasteiger partial charge >= 0.3 is 0 Å². The van der Waals surface area contributed by atoms with Gasteiger partial charge in [0.2, 0.25) is 11.9 Å². The number of hydrogen-bond acceptors (Lipinski definition) is 5. The van der Waals surface area contributed by atoms with Crippen LogP contribution in [0.15, 0.2) is 34.1 Å². The highest BCUT2D eigenvalue weighted by atomic mass is 16.5. The number of rotatable bonds is 4. The molecule has 0 aliphatic heterocycles. The maximum atomic E-state index is 11.9. The molecule has 0 atom stereocenters. The van der Waals surface area contributed by atoms with Gasteiger partial charge in [-0.3, -0.25) is 9.78 Å². The molecule has 2 aromatic rings. The van der Waals surface area contributed by atoms with E-state index in [1.807, 2.05) is 6.07 Å². The number of aromatic nitrogens is 2. The van der Waals surface area contributed by atoms with Crippen molar-refractivity contribution in [1.29, 1.82) is 5.26 Å². The minimum Gasteiger partial charge on any atom is -0.497 e. The molecule has 1 heterocycles. The van der Waals surface area contributed by atoms with Crippen molar-refractivity contribution < 1.29 is 4.74 Å². The summed E-state index contributed by atoms with van der Waals surface area (Å²) < 4.78 is 5.07. The number of methoxy groups -OCH3 is 1. The van der Waals surface area contributed by atoms with Gasteiger partial charge in [0.25, 0.3) is 5.56 Å². The van der Waals surface area contributed by atoms with Crippen LogP contribution in [0.4, 0.5) is 11.6 Å². The maximum Gasteiger partial charge on any atom is 0.256 e. The van der Waals surface area contributed by atoms with Gasteiger partial charge in [-0.1, -0.05) is 0 Å². The summed E-state index contributed by atoms with van der Waals surface area (Å²) in [6, 6.07) is 9.03. The Labute approximate surface area is 132 Å². The summed E-state index contributed by atoms with van der Waals surface area (Å²) in [7, 11) is 1.58. The summed E-state index contributed by atoms with van der Waals surface area (Å²) >= 11 is 0. The molecule has 0 aliphatic carbocycles. The first-order valence-electron chi connectivity index (χ1n) is 6.75. The van der Waals surface area contributed by atoms with Crippen molar-refractivity contribution in [3.05, 3.63) is 45.9 Å². The van der Waals surface area contributed by atoms with Crippen LogP contribution in [-0.4, -0.2) is 23.0 Å². The van der Waals surface area contributed by atoms with E-state index < -0.39 is 5.56 Å². The molecule has 0 unspecified atom stereocenters. The molecule has 2 rings (SSSR count). The Morgan fingerprint density at radius 3 is 2.74 bits per heavy atom. The third kappa shape index (κ3) is 4.07. The summed E-state index contributed by atoms with van der Waals surface area (Å²) in [6.45, 7) is 1.65. The normalized spacial score (nSPS) is 10.9. The third-order valence-electron chi connectivity index (χ3n) is 3.05. The number of aryl methyl sites for hydroxylation is 1. The molecule has 0 fully saturated rings. The van der Waals surface area contributed by atoms with Crippen molar-refractivity contribution >= 4 is 17.6 Å². The Morgan fingerprint density at radius 2 is 2.17 bits per heavy atom. The fourth-order valence-corrected chi connectivity index (χ4v) is 1.90. The fourth-order valence-electron chi connectivity index (χ4n) is 1.90. The van der Waals surface area contributed by atoms with Crippen molar-refractivity contribution in [3.8, 4) is 11.8 Å². The lowest BCUT2D eigenvalue weighted by Crippen LogP contribution is -2.23. The van der Waals surface area contributed by atoms with Crippen LogP contribution in [0, 0.1) is 18.3 Å². The second kappa shape index (κ2) is 7.09. The molecule has 8 nitrogen and oxygen atoms in total. The van der Waals surface area contributed by atoms with Crippen molar-refractivity contribution in [1.82, 2.24) is 9.97 Å². The molecule has 0 saturated carbocycles. The summed E-state index contributed by atoms with van der Waals surface area (Å²) in [4.78, 5) is 22.5. The Morgan fingerprint density at radius 1 is 1.48 bits per heavy atom. The van der Waals surface area contributed by atoms with Crippen molar-refractivity contribution in [2.24, 2.45) is 10.7 Å². The molecule has 23 heavy (non-hydrogen) atoms. The molecule has 0 bridgehead atoms. The van der Waals surface area contributed by atoms with E-state index in [-0.39, 0.29) is 18.3 Å². The monoisotopic (exact) mass is 312 g/mol. The van der Waals surface area contributed by atoms with Gasteiger partial charge < -0.3 is 15.8 Å². The van der Waals surface area contributed by atoms with Crippen LogP contribution in [0.5, 0.6) is 5.75 Å². The molecule has 8 heteroatoms. The van der Waals surface area contributed by atoms with Crippen LogP contribution >= 0.6 is 0 Å². The first-order chi connectivity index (χ1) is 11.0. The number of benzene rings is 1. The SMILES string of the molecule is COc1ccc(NC(N)=Nc2nc(C)c(CC#N)c(=O)[nH]2)cc1. The van der Waals surface area contributed by atoms with Crippen molar-refractivity contribution in [2.45, 2.75) is 13.3 Å². The van der Waals surface area contributed by atoms with Gasteiger partial charge in [0.1, 0.15) is 5.75 Å². The van der Waals surface area contributed by atoms with E-state index in [2.05, 4.69) is 20.3 Å². The van der Waals surface area contributed by atoms with E-state index in [4.69, 9.17) is 15.7 Å². The van der Waals surface area contributed by atoms with E-state index in [9.17, 15) is 4.79 Å². The first kappa shape index (κ1) is 16.0. The number of nitriles is 1. The molecule has 1 aromatic carbocycles. The quantitative estimate of drug-likeness (QED) is 0.575. The number of aromatic amines is 1. The number of hydrogen-bond donors (Lipinski definition) is 3. The van der Waals surface area contributed by atoms with Gasteiger partial charge in [-0.15, -0.1) is 0 Å². The molecule has 0 saturated heterocycles. The smallest absolute Gasteiger partial charge is 0.256 e. The third-order valence-corrected chi connectivity index (χ3v) is 3.05. The Hall–Kier alpha value is -3.34. The highest BCUT2D eigenvalue weighted by Gasteiger charge is 2.07. The number of H-pyrrole nitrogens is 1. The zero-order valence-electron chi connectivity index (χ0n) is 12.8. The summed E-state index contributed by atoms with van der Waals surface area (Å²) in [5.74, 6) is 0.874. The molecular weight excluding hydrogens is 296 g/mol. The van der Waals surface area contributed by atoms with Gasteiger partial charge in [-0.2, -0.15) is 10.3 Å². The number of nitrogens with two attached hydrogens (primary N) is 1. The highest BCUT2D eigenvalue weighted by Crippen LogP contribution is 2.15. The molecule has 1 aromatic heterocycles. The van der Waals surface area contributed by atoms with Gasteiger partial charge in [0.05, 0.1) is 30.9 Å². The predicted octanol–water partition coefficient (Wildman–Crippen LogP) is 1.21. The minimum atomic E-state index is -0.393. The Bertz CT molecular complexity index is 817. The molecule has 0 aliphatic rings. The lowest BCUT2D eigenvalue weighted by atomic mass is 10.2. The summed E-state index contributed by atoms with van der Waals surface area (Å²) in [5, 5.41) is 11.6. The van der Waals surface area contributed by atoms with Gasteiger partial charge in [-0.25, -0.2) is 4.98 Å². The van der Waals surface area contributed by atoms with Crippen LogP contribution in [0.2, 0.25) is 0 Å². The van der Waals surface area contributed by atoms with E-state index >= 15 is 0 Å². The van der Waals surface area contributed by atoms with E-state index in [1.54, 1.807) is 38.3 Å². The van der Waals surface area contributed by atoms with Crippen LogP contribution in [-0.2, 0) is 6.42 Å². The Kier molecular flexibility index (Phi) is 4.94. The first-order valence-corrected chi connectivity index (χ1v) is 6.75. The van der Waals surface area contributed by atoms with E-state index in [0.29, 0.717) is 16.9 Å². The van der Waals surface area contributed by atoms with Crippen LogP contribution in [0.1, 0.15) is 11.3 Å². The topological polar surface area (TPSA) is 129 Å². The van der Waals surface area contributed by atoms with Crippen molar-refractivity contribution in [2.75, 3.05) is 12.4 Å². The molecular formula is C15H16N6O2. The van der Waals surface area contributed by atoms with Gasteiger partial charge in [-0.05, 0) is 31.2 Å². The maximum absolute atomic E-state index is 11.9. The molecule has 0 spiro atoms.